The Hall–Kier alpha value is -4.07. The largest absolute Gasteiger partial charge is 0.508 e. The molecule has 2 unspecified atom stereocenters. The zero-order chi connectivity index (χ0) is 29.3. The maximum absolute atomic E-state index is 13.9. The number of carbonyl (C=O) groups is 5. The summed E-state index contributed by atoms with van der Waals surface area (Å²) in [6.07, 6.45) is -0.229. The van der Waals surface area contributed by atoms with Crippen molar-refractivity contribution >= 4 is 34.9 Å². The molecule has 13 heteroatoms. The minimum absolute atomic E-state index is 0. The normalized spacial score (nSPS) is 27.6. The summed E-state index contributed by atoms with van der Waals surface area (Å²) in [7, 11) is 3.00. The first-order valence-electron chi connectivity index (χ1n) is 12.7. The van der Waals surface area contributed by atoms with Gasteiger partial charge in [-0.25, -0.2) is 0 Å². The Morgan fingerprint density at radius 1 is 1.10 bits per heavy atom. The lowest BCUT2D eigenvalue weighted by Gasteiger charge is -2.50. The van der Waals surface area contributed by atoms with E-state index in [9.17, 15) is 44.4 Å². The van der Waals surface area contributed by atoms with Crippen LogP contribution < -0.4 is 5.73 Å². The van der Waals surface area contributed by atoms with Gasteiger partial charge in [-0.3, -0.25) is 28.9 Å². The summed E-state index contributed by atoms with van der Waals surface area (Å²) in [4.78, 5) is 68.2. The molecule has 1 saturated heterocycles. The number of nitrogens with zero attached hydrogens (tertiary/aromatic N) is 2. The van der Waals surface area contributed by atoms with Gasteiger partial charge in [0.15, 0.2) is 11.4 Å². The molecule has 0 bridgehead atoms. The van der Waals surface area contributed by atoms with Crippen LogP contribution in [0.15, 0.2) is 29.0 Å². The van der Waals surface area contributed by atoms with Gasteiger partial charge < -0.3 is 35.8 Å². The lowest BCUT2D eigenvalue weighted by Crippen LogP contribution is -2.65. The third-order valence-electron chi connectivity index (χ3n) is 8.34. The van der Waals surface area contributed by atoms with Gasteiger partial charge in [0.1, 0.15) is 22.8 Å². The van der Waals surface area contributed by atoms with E-state index in [1.807, 2.05) is 0 Å². The molecule has 4 atom stereocenters. The number of morpholine rings is 1. The molecule has 4 aliphatic rings. The molecule has 1 aliphatic heterocycles. The summed E-state index contributed by atoms with van der Waals surface area (Å²) in [6.45, 7) is 1.00. The molecule has 5 rings (SSSR count). The summed E-state index contributed by atoms with van der Waals surface area (Å²) in [5, 5.41) is 44.5. The highest BCUT2D eigenvalue weighted by atomic mass is 16.5. The van der Waals surface area contributed by atoms with E-state index in [1.54, 1.807) is 0 Å². The number of aliphatic hydroxyl groups is 3. The molecule has 0 spiro atoms. The number of hydrogen-bond acceptors (Lipinski definition) is 11. The Labute approximate surface area is 235 Å². The molecule has 0 radical (unpaired) electrons. The number of ether oxygens (including phenoxy) is 1. The highest BCUT2D eigenvalue weighted by Gasteiger charge is 2.64. The number of amides is 2. The highest BCUT2D eigenvalue weighted by molar-refractivity contribution is 6.43. The van der Waals surface area contributed by atoms with Crippen molar-refractivity contribution in [2.45, 2.75) is 31.9 Å². The van der Waals surface area contributed by atoms with Gasteiger partial charge in [0.25, 0.3) is 17.6 Å². The molecule has 1 heterocycles. The Bertz CT molecular complexity index is 1440. The number of Topliss-reactive ketones (excluding diaryl/α,β-unsaturated/α-hetero) is 3. The van der Waals surface area contributed by atoms with Gasteiger partial charge in [-0.1, -0.05) is 7.43 Å². The van der Waals surface area contributed by atoms with E-state index in [1.165, 1.54) is 30.0 Å². The molecule has 0 aromatic heterocycles. The molecule has 13 nitrogen and oxygen atoms in total. The van der Waals surface area contributed by atoms with Gasteiger partial charge in [0.05, 0.1) is 24.8 Å². The van der Waals surface area contributed by atoms with Gasteiger partial charge in [-0.05, 0) is 50.6 Å². The molecule has 41 heavy (non-hydrogen) atoms. The molecule has 2 fully saturated rings. The summed E-state index contributed by atoms with van der Waals surface area (Å²) >= 11 is 0. The van der Waals surface area contributed by atoms with Crippen LogP contribution >= 0.6 is 0 Å². The average Bonchev–Trinajstić information content (AvgIpc) is 2.90. The predicted molar refractivity (Wildman–Crippen MR) is 143 cm³/mol. The molecule has 1 aromatic rings. The second-order valence-corrected chi connectivity index (χ2v) is 10.7. The number of phenolic OH excluding ortho intramolecular Hbond substituents is 1. The van der Waals surface area contributed by atoms with Crippen molar-refractivity contribution < 1.29 is 49.1 Å². The van der Waals surface area contributed by atoms with Crippen LogP contribution in [0, 0.1) is 11.8 Å². The van der Waals surface area contributed by atoms with Crippen LogP contribution in [0.1, 0.15) is 35.3 Å². The van der Waals surface area contributed by atoms with E-state index in [4.69, 9.17) is 10.5 Å². The van der Waals surface area contributed by atoms with Crippen molar-refractivity contribution in [3.8, 4) is 5.75 Å². The fourth-order valence-corrected chi connectivity index (χ4v) is 6.48. The Morgan fingerprint density at radius 2 is 1.73 bits per heavy atom. The van der Waals surface area contributed by atoms with Crippen LogP contribution in [-0.2, 0) is 30.3 Å². The van der Waals surface area contributed by atoms with Crippen LogP contribution in [-0.4, -0.2) is 111 Å². The van der Waals surface area contributed by atoms with Gasteiger partial charge in [-0.15, -0.1) is 0 Å². The first kappa shape index (κ1) is 29.9. The number of aromatic hydroxyl groups is 1. The number of aliphatic hydroxyl groups excluding tert-OH is 2. The minimum Gasteiger partial charge on any atom is -0.508 e. The number of fused-ring (bicyclic) bond motifs is 3. The first-order chi connectivity index (χ1) is 18.8. The van der Waals surface area contributed by atoms with E-state index in [-0.39, 0.29) is 68.8 Å². The fraction of sp³-hybridized carbons (Fsp3) is 0.464. The van der Waals surface area contributed by atoms with E-state index in [0.29, 0.717) is 0 Å². The quantitative estimate of drug-likeness (QED) is 0.179. The zero-order valence-corrected chi connectivity index (χ0v) is 21.8. The monoisotopic (exact) mass is 571 g/mol. The number of primary amides is 1. The summed E-state index contributed by atoms with van der Waals surface area (Å²) < 4.78 is 5.23. The smallest absolute Gasteiger partial charge is 0.295 e. The second-order valence-electron chi connectivity index (χ2n) is 10.7. The van der Waals surface area contributed by atoms with Crippen LogP contribution in [0.4, 0.5) is 0 Å². The maximum Gasteiger partial charge on any atom is 0.295 e. The van der Waals surface area contributed by atoms with Crippen LogP contribution in [0.5, 0.6) is 5.75 Å². The lowest BCUT2D eigenvalue weighted by molar-refractivity contribution is -0.153. The predicted octanol–water partition coefficient (Wildman–Crippen LogP) is -0.358. The molecule has 3 aliphatic carbocycles. The van der Waals surface area contributed by atoms with Crippen molar-refractivity contribution in [1.29, 1.82) is 0 Å². The SMILES string of the molecule is C.CN(C)C1C(=O)C(C(N)=O)=C(O)C2(O)C(=O)C3=C(O)c4c(O)ccc(C(=O)C(=O)N5CCOCC5)c4C[C@H]3C[C@@H]12. The van der Waals surface area contributed by atoms with Crippen molar-refractivity contribution in [3.63, 3.8) is 0 Å². The third kappa shape index (κ3) is 4.23. The van der Waals surface area contributed by atoms with Crippen molar-refractivity contribution in [3.05, 3.63) is 45.7 Å². The van der Waals surface area contributed by atoms with Crippen LogP contribution in [0.25, 0.3) is 5.76 Å². The fourth-order valence-electron chi connectivity index (χ4n) is 6.48. The number of likely N-dealkylation sites (N-methyl/N-ethyl adjacent to an activating group) is 1. The third-order valence-corrected chi connectivity index (χ3v) is 8.34. The van der Waals surface area contributed by atoms with Gasteiger partial charge in [0.2, 0.25) is 5.78 Å². The molecule has 2 amide bonds. The number of phenols is 1. The number of benzene rings is 1. The van der Waals surface area contributed by atoms with E-state index in [0.717, 1.165) is 6.07 Å². The number of rotatable bonds is 4. The zero-order valence-electron chi connectivity index (χ0n) is 21.8. The standard InChI is InChI=1S/C27H29N3O10.CH4/c1-29(2)19-14-10-11-9-13-12(20(32)26(38)30-5-7-40-8-6-30)3-4-15(31)17(13)21(33)16(11)23(35)27(14,39)24(36)18(22(19)34)25(28)37;/h3-4,11,14,19,31,33,36,39H,5-10H2,1-2H3,(H2,28,37);1H4/t11-,14-,19?,27?;/m0./s1. The molecular formula is C28H33N3O10. The Kier molecular flexibility index (Phi) is 7.58. The van der Waals surface area contributed by atoms with E-state index >= 15 is 0 Å². The summed E-state index contributed by atoms with van der Waals surface area (Å²) in [6, 6.07) is 1.16. The van der Waals surface area contributed by atoms with Crippen molar-refractivity contribution in [2.24, 2.45) is 17.6 Å². The molecule has 220 valence electrons. The Morgan fingerprint density at radius 3 is 2.32 bits per heavy atom. The Balaban J connectivity index is 0.00000387. The second kappa shape index (κ2) is 10.4. The topological polar surface area (TPSA) is 208 Å². The molecule has 6 N–H and O–H groups in total. The van der Waals surface area contributed by atoms with E-state index in [2.05, 4.69) is 0 Å². The number of ketones is 3. The van der Waals surface area contributed by atoms with Gasteiger partial charge >= 0.3 is 0 Å². The lowest BCUT2D eigenvalue weighted by atomic mass is 9.57. The van der Waals surface area contributed by atoms with Crippen molar-refractivity contribution in [1.82, 2.24) is 9.80 Å². The number of nitrogens with two attached hydrogens (primary N) is 1. The molecular weight excluding hydrogens is 538 g/mol. The van der Waals surface area contributed by atoms with Gasteiger partial charge in [0, 0.05) is 30.1 Å². The van der Waals surface area contributed by atoms with Crippen LogP contribution in [0.2, 0.25) is 0 Å². The number of hydrogen-bond donors (Lipinski definition) is 5. The number of carbonyl (C=O) groups excluding carboxylic acids is 5. The van der Waals surface area contributed by atoms with E-state index < -0.39 is 75.5 Å². The maximum atomic E-state index is 13.9. The highest BCUT2D eigenvalue weighted by Crippen LogP contribution is 2.53. The average molecular weight is 572 g/mol. The summed E-state index contributed by atoms with van der Waals surface area (Å²) in [5.74, 6) is -9.50. The summed E-state index contributed by atoms with van der Waals surface area (Å²) in [5.41, 5.74) is 1.13. The van der Waals surface area contributed by atoms with Crippen LogP contribution in [0.3, 0.4) is 0 Å². The molecule has 1 aromatic carbocycles. The minimum atomic E-state index is -2.76. The van der Waals surface area contributed by atoms with Crippen molar-refractivity contribution in [2.75, 3.05) is 40.4 Å². The molecule has 1 saturated carbocycles. The first-order valence-corrected chi connectivity index (χ1v) is 12.7. The van der Waals surface area contributed by atoms with Gasteiger partial charge in [-0.2, -0.15) is 0 Å².